The van der Waals surface area contributed by atoms with Crippen LogP contribution in [0.15, 0.2) is 42.5 Å². The molecule has 11 heteroatoms. The van der Waals surface area contributed by atoms with Gasteiger partial charge in [0.15, 0.2) is 0 Å². The summed E-state index contributed by atoms with van der Waals surface area (Å²) in [6.07, 6.45) is 0.514. The molecule has 1 aliphatic rings. The van der Waals surface area contributed by atoms with E-state index in [0.717, 1.165) is 5.56 Å². The van der Waals surface area contributed by atoms with Gasteiger partial charge in [0.25, 0.3) is 11.8 Å². The Balaban J connectivity index is 1.31. The molecular formula is C20H18N8O3. The number of carbonyl (C=O) groups is 2. The van der Waals surface area contributed by atoms with Gasteiger partial charge in [-0.15, -0.1) is 5.10 Å². The van der Waals surface area contributed by atoms with Crippen LogP contribution in [0, 0.1) is 0 Å². The molecule has 1 aliphatic heterocycles. The fourth-order valence-corrected chi connectivity index (χ4v) is 3.42. The number of rotatable bonds is 4. The third-order valence-corrected chi connectivity index (χ3v) is 5.05. The van der Waals surface area contributed by atoms with Crippen LogP contribution in [-0.2, 0) is 11.2 Å². The summed E-state index contributed by atoms with van der Waals surface area (Å²) in [6.45, 7) is -0.0352. The predicted molar refractivity (Wildman–Crippen MR) is 110 cm³/mol. The number of H-pyrrole nitrogens is 2. The zero-order valence-electron chi connectivity index (χ0n) is 16.5. The van der Waals surface area contributed by atoms with Crippen molar-refractivity contribution >= 4 is 28.5 Å². The molecule has 3 N–H and O–H groups in total. The number of hydrogen-bond acceptors (Lipinski definition) is 7. The van der Waals surface area contributed by atoms with E-state index in [1.165, 1.54) is 4.90 Å². The number of anilines is 1. The van der Waals surface area contributed by atoms with Crippen LogP contribution in [-0.4, -0.2) is 62.1 Å². The Kier molecular flexibility index (Phi) is 4.54. The molecule has 0 saturated heterocycles. The minimum atomic E-state index is -0.900. The van der Waals surface area contributed by atoms with Crippen LogP contribution < -0.4 is 15.0 Å². The molecule has 0 unspecified atom stereocenters. The molecule has 11 nitrogen and oxygen atoms in total. The van der Waals surface area contributed by atoms with Gasteiger partial charge in [-0.05, 0) is 11.6 Å². The molecule has 156 valence electrons. The van der Waals surface area contributed by atoms with Gasteiger partial charge in [0, 0.05) is 19.5 Å². The number of ether oxygens (including phenoxy) is 1. The molecule has 0 saturated carbocycles. The smallest absolute Gasteiger partial charge is 0.291 e. The third kappa shape index (κ3) is 3.56. The molecule has 2 amide bonds. The monoisotopic (exact) mass is 418 g/mol. The number of aromatic amines is 2. The molecule has 0 fully saturated rings. The van der Waals surface area contributed by atoms with E-state index >= 15 is 0 Å². The van der Waals surface area contributed by atoms with E-state index in [1.54, 1.807) is 19.2 Å². The van der Waals surface area contributed by atoms with Crippen LogP contribution in [0.3, 0.4) is 0 Å². The third-order valence-electron chi connectivity index (χ3n) is 5.05. The number of amides is 2. The topological polar surface area (TPSA) is 142 Å². The first-order valence-electron chi connectivity index (χ1n) is 9.59. The van der Waals surface area contributed by atoms with Crippen molar-refractivity contribution < 1.29 is 14.3 Å². The van der Waals surface area contributed by atoms with Crippen LogP contribution in [0.4, 0.5) is 5.69 Å². The van der Waals surface area contributed by atoms with Crippen molar-refractivity contribution in [1.29, 1.82) is 0 Å². The maximum atomic E-state index is 12.9. The summed E-state index contributed by atoms with van der Waals surface area (Å²) in [6, 6.07) is 12.2. The molecule has 0 aliphatic carbocycles. The average Bonchev–Trinajstić information content (AvgIpc) is 3.42. The van der Waals surface area contributed by atoms with E-state index in [2.05, 4.69) is 35.9 Å². The Bertz CT molecular complexity index is 1270. The summed E-state index contributed by atoms with van der Waals surface area (Å²) in [5.41, 5.74) is 2.81. The van der Waals surface area contributed by atoms with E-state index in [4.69, 9.17) is 4.74 Å². The SMILES string of the molecule is CN1C(=O)[C@@H](NC(=O)c2n[nH]c(Cc3ccccc3)n2)COc2cc3n[nH]nc3cc21. The maximum Gasteiger partial charge on any atom is 0.291 e. The van der Waals surface area contributed by atoms with Gasteiger partial charge < -0.3 is 15.0 Å². The minimum absolute atomic E-state index is 0.0352. The molecule has 0 spiro atoms. The minimum Gasteiger partial charge on any atom is -0.489 e. The fraction of sp³-hybridized carbons (Fsp3) is 0.200. The van der Waals surface area contributed by atoms with Gasteiger partial charge in [-0.3, -0.25) is 14.7 Å². The van der Waals surface area contributed by atoms with Gasteiger partial charge in [0.2, 0.25) is 5.82 Å². The lowest BCUT2D eigenvalue weighted by Gasteiger charge is -2.19. The Labute approximate surface area is 175 Å². The highest BCUT2D eigenvalue weighted by Gasteiger charge is 2.32. The Hall–Kier alpha value is -4.28. The molecule has 3 heterocycles. The van der Waals surface area contributed by atoms with E-state index in [1.807, 2.05) is 30.3 Å². The molecule has 1 atom stereocenters. The van der Waals surface area contributed by atoms with Gasteiger partial charge in [-0.2, -0.15) is 15.4 Å². The van der Waals surface area contributed by atoms with Crippen molar-refractivity contribution in [2.24, 2.45) is 0 Å². The Morgan fingerprint density at radius 1 is 1.19 bits per heavy atom. The summed E-state index contributed by atoms with van der Waals surface area (Å²) in [5, 5.41) is 20.0. The number of benzene rings is 2. The highest BCUT2D eigenvalue weighted by molar-refractivity contribution is 6.03. The molecular weight excluding hydrogens is 400 g/mol. The standard InChI is InChI=1S/C20H18N8O3/c1-28-15-8-12-13(24-27-23-12)9-16(15)31-10-14(20(28)30)21-19(29)18-22-17(25-26-18)7-11-5-3-2-4-6-11/h2-6,8-9,14H,7,10H2,1H3,(H,21,29)(H,22,25,26)(H,23,24,27)/t14-/m0/s1. The van der Waals surface area contributed by atoms with Gasteiger partial charge in [0.05, 0.1) is 5.69 Å². The van der Waals surface area contributed by atoms with Crippen molar-refractivity contribution in [2.45, 2.75) is 12.5 Å². The fourth-order valence-electron chi connectivity index (χ4n) is 3.42. The van der Waals surface area contributed by atoms with Crippen molar-refractivity contribution in [3.8, 4) is 5.75 Å². The largest absolute Gasteiger partial charge is 0.489 e. The molecule has 4 aromatic rings. The second kappa shape index (κ2) is 7.52. The van der Waals surface area contributed by atoms with Gasteiger partial charge in [-0.1, -0.05) is 30.3 Å². The Morgan fingerprint density at radius 3 is 2.77 bits per heavy atom. The lowest BCUT2D eigenvalue weighted by atomic mass is 10.1. The van der Waals surface area contributed by atoms with Crippen molar-refractivity contribution in [3.05, 3.63) is 59.7 Å². The van der Waals surface area contributed by atoms with Crippen LogP contribution in [0.2, 0.25) is 0 Å². The second-order valence-corrected chi connectivity index (χ2v) is 7.13. The number of nitrogens with zero attached hydrogens (tertiary/aromatic N) is 5. The van der Waals surface area contributed by atoms with Crippen LogP contribution in [0.1, 0.15) is 22.0 Å². The molecule has 5 rings (SSSR count). The predicted octanol–water partition coefficient (Wildman–Crippen LogP) is 0.821. The molecule has 0 radical (unpaired) electrons. The first kappa shape index (κ1) is 18.7. The zero-order chi connectivity index (χ0) is 21.4. The molecule has 2 aromatic carbocycles. The van der Waals surface area contributed by atoms with Crippen LogP contribution in [0.25, 0.3) is 11.0 Å². The maximum absolute atomic E-state index is 12.9. The Morgan fingerprint density at radius 2 is 1.97 bits per heavy atom. The number of aromatic nitrogens is 6. The van der Waals surface area contributed by atoms with E-state index < -0.39 is 11.9 Å². The van der Waals surface area contributed by atoms with E-state index in [-0.39, 0.29) is 18.3 Å². The van der Waals surface area contributed by atoms with Crippen molar-refractivity contribution in [2.75, 3.05) is 18.6 Å². The highest BCUT2D eigenvalue weighted by Crippen LogP contribution is 2.33. The van der Waals surface area contributed by atoms with Gasteiger partial charge in [0.1, 0.15) is 35.3 Å². The number of hydrogen-bond donors (Lipinski definition) is 3. The summed E-state index contributed by atoms with van der Waals surface area (Å²) in [7, 11) is 1.62. The highest BCUT2D eigenvalue weighted by atomic mass is 16.5. The quantitative estimate of drug-likeness (QED) is 0.445. The van der Waals surface area contributed by atoms with Gasteiger partial charge >= 0.3 is 0 Å². The molecule has 31 heavy (non-hydrogen) atoms. The van der Waals surface area contributed by atoms with Crippen LogP contribution in [0.5, 0.6) is 5.75 Å². The molecule has 0 bridgehead atoms. The van der Waals surface area contributed by atoms with Crippen molar-refractivity contribution in [1.82, 2.24) is 35.9 Å². The lowest BCUT2D eigenvalue weighted by Crippen LogP contribution is -2.49. The number of carbonyl (C=O) groups excluding carboxylic acids is 2. The van der Waals surface area contributed by atoms with E-state index in [9.17, 15) is 9.59 Å². The van der Waals surface area contributed by atoms with Crippen molar-refractivity contribution in [3.63, 3.8) is 0 Å². The first-order valence-corrected chi connectivity index (χ1v) is 9.59. The zero-order valence-corrected chi connectivity index (χ0v) is 16.5. The first-order chi connectivity index (χ1) is 15.1. The average molecular weight is 418 g/mol. The molecule has 2 aromatic heterocycles. The summed E-state index contributed by atoms with van der Waals surface area (Å²) in [4.78, 5) is 31.3. The number of fused-ring (bicyclic) bond motifs is 2. The lowest BCUT2D eigenvalue weighted by molar-refractivity contribution is -0.120. The van der Waals surface area contributed by atoms with Crippen LogP contribution >= 0.6 is 0 Å². The van der Waals surface area contributed by atoms with E-state index in [0.29, 0.717) is 34.7 Å². The number of likely N-dealkylation sites (N-methyl/N-ethyl adjacent to an activating group) is 1. The van der Waals surface area contributed by atoms with Gasteiger partial charge in [-0.25, -0.2) is 4.98 Å². The summed E-state index contributed by atoms with van der Waals surface area (Å²) < 4.78 is 5.79. The number of nitrogens with one attached hydrogen (secondary N) is 3. The summed E-state index contributed by atoms with van der Waals surface area (Å²) in [5.74, 6) is 0.117. The summed E-state index contributed by atoms with van der Waals surface area (Å²) >= 11 is 0. The normalized spacial score (nSPS) is 16.0. The second-order valence-electron chi connectivity index (χ2n) is 7.13.